The summed E-state index contributed by atoms with van der Waals surface area (Å²) in [5.41, 5.74) is 1.93. The molecule has 8 rings (SSSR count). The van der Waals surface area contributed by atoms with Crippen molar-refractivity contribution in [2.45, 2.75) is 73.3 Å². The quantitative estimate of drug-likeness (QED) is 0.262. The first-order chi connectivity index (χ1) is 20.8. The molecule has 9 nitrogen and oxygen atoms in total. The summed E-state index contributed by atoms with van der Waals surface area (Å²) in [5, 5.41) is 8.54. The zero-order valence-electron chi connectivity index (χ0n) is 23.4. The minimum atomic E-state index is -3.51. The van der Waals surface area contributed by atoms with Crippen LogP contribution in [0.25, 0.3) is 0 Å². The predicted octanol–water partition coefficient (Wildman–Crippen LogP) is 5.26. The third-order valence-electron chi connectivity index (χ3n) is 8.37. The summed E-state index contributed by atoms with van der Waals surface area (Å²) in [4.78, 5) is 8.19. The predicted molar refractivity (Wildman–Crippen MR) is 155 cm³/mol. The molecule has 2 aliphatic carbocycles. The van der Waals surface area contributed by atoms with Gasteiger partial charge >= 0.3 is 0 Å². The van der Waals surface area contributed by atoms with Crippen LogP contribution in [0.15, 0.2) is 71.0 Å². The lowest BCUT2D eigenvalue weighted by Gasteiger charge is -2.11. The average molecular weight is 627 g/mol. The van der Waals surface area contributed by atoms with Crippen molar-refractivity contribution in [1.82, 2.24) is 29.5 Å². The number of benzene rings is 2. The van der Waals surface area contributed by atoms with Crippen molar-refractivity contribution in [2.75, 3.05) is 11.5 Å². The normalized spacial score (nSPS) is 25.1. The molecule has 4 aromatic rings. The second-order valence-corrected chi connectivity index (χ2v) is 15.2. The molecule has 4 heterocycles. The van der Waals surface area contributed by atoms with E-state index >= 15 is 0 Å². The molecule has 2 saturated carbocycles. The van der Waals surface area contributed by atoms with Gasteiger partial charge in [0.25, 0.3) is 5.16 Å². The van der Waals surface area contributed by atoms with Crippen LogP contribution in [0.2, 0.25) is 0 Å². The lowest BCUT2D eigenvalue weighted by atomic mass is 10.0. The Morgan fingerprint density at radius 1 is 0.744 bits per heavy atom. The van der Waals surface area contributed by atoms with E-state index in [0.717, 1.165) is 36.8 Å². The van der Waals surface area contributed by atoms with E-state index in [1.807, 2.05) is 60.7 Å². The maximum Gasteiger partial charge on any atom is 0.267 e. The molecule has 0 radical (unpaired) electrons. The number of alkyl halides is 2. The summed E-state index contributed by atoms with van der Waals surface area (Å²) in [6, 6.07) is 18.7. The van der Waals surface area contributed by atoms with Crippen LogP contribution >= 0.6 is 0 Å². The van der Waals surface area contributed by atoms with Crippen molar-refractivity contribution in [3.05, 3.63) is 83.4 Å². The van der Waals surface area contributed by atoms with Crippen LogP contribution in [0.4, 0.5) is 8.78 Å². The van der Waals surface area contributed by atoms with Gasteiger partial charge in [-0.05, 0) is 48.6 Å². The van der Waals surface area contributed by atoms with Crippen LogP contribution in [0.3, 0.4) is 0 Å². The molecular formula is C30H32F2N6O3S2. The van der Waals surface area contributed by atoms with Crippen LogP contribution < -0.4 is 0 Å². The lowest BCUT2D eigenvalue weighted by molar-refractivity contribution is 0.326. The number of rotatable bonds is 8. The highest BCUT2D eigenvalue weighted by atomic mass is 32.2. The Kier molecular flexibility index (Phi) is 7.48. The second kappa shape index (κ2) is 11.3. The highest BCUT2D eigenvalue weighted by Gasteiger charge is 2.39. The standard InChI is InChI=1S/C15H16FN3O2S.C15H16FN3OS/c16-12-8-13(11-4-2-1-3-5-11)19-14(12)17-15(18-19)22(20,21)9-10-6-7-10;16-12-8-13(11-4-2-1-3-5-11)19-14(12)17-15(18-19)21(20)9-10-6-7-10/h1-5,10,12-13H,6-9H2;1-5,10,12-13H,6-9H2/t12-,13-;12-,13-,21?/m00/s1. The van der Waals surface area contributed by atoms with E-state index in [4.69, 9.17) is 0 Å². The summed E-state index contributed by atoms with van der Waals surface area (Å²) < 4.78 is 68.2. The number of nitrogens with zero attached hydrogens (tertiary/aromatic N) is 6. The third-order valence-corrected chi connectivity index (χ3v) is 11.4. The van der Waals surface area contributed by atoms with Gasteiger partial charge < -0.3 is 0 Å². The smallest absolute Gasteiger partial charge is 0.251 e. The molecule has 0 saturated heterocycles. The molecule has 0 bridgehead atoms. The number of fused-ring (bicyclic) bond motifs is 2. The molecule has 0 spiro atoms. The molecule has 2 aromatic heterocycles. The minimum absolute atomic E-state index is 0.0728. The maximum absolute atomic E-state index is 14.2. The van der Waals surface area contributed by atoms with Gasteiger partial charge in [-0.1, -0.05) is 60.7 Å². The van der Waals surface area contributed by atoms with Crippen molar-refractivity contribution in [2.24, 2.45) is 11.8 Å². The first-order valence-electron chi connectivity index (χ1n) is 14.7. The molecule has 2 aromatic carbocycles. The monoisotopic (exact) mass is 626 g/mol. The Morgan fingerprint density at radius 2 is 1.26 bits per heavy atom. The van der Waals surface area contributed by atoms with Gasteiger partial charge in [0.05, 0.1) is 28.6 Å². The van der Waals surface area contributed by atoms with Crippen LogP contribution in [0.5, 0.6) is 0 Å². The summed E-state index contributed by atoms with van der Waals surface area (Å²) >= 11 is 0. The van der Waals surface area contributed by atoms with E-state index in [1.54, 1.807) is 4.68 Å². The fraction of sp³-hybridized carbons (Fsp3) is 0.467. The van der Waals surface area contributed by atoms with Crippen molar-refractivity contribution >= 4 is 20.6 Å². The van der Waals surface area contributed by atoms with Gasteiger partial charge in [0.1, 0.15) is 0 Å². The summed E-state index contributed by atoms with van der Waals surface area (Å²) in [7, 11) is -4.72. The van der Waals surface area contributed by atoms with Gasteiger partial charge in [0.2, 0.25) is 15.0 Å². The molecule has 2 fully saturated rings. The van der Waals surface area contributed by atoms with Crippen LogP contribution in [-0.4, -0.2) is 53.7 Å². The van der Waals surface area contributed by atoms with E-state index < -0.39 is 33.0 Å². The fourth-order valence-electron chi connectivity index (χ4n) is 5.69. The number of hydrogen-bond donors (Lipinski definition) is 0. The zero-order chi connectivity index (χ0) is 29.7. The summed E-state index contributed by atoms with van der Waals surface area (Å²) in [6.07, 6.45) is 2.35. The number of hydrogen-bond acceptors (Lipinski definition) is 7. The molecule has 2 aliphatic heterocycles. The first kappa shape index (κ1) is 28.5. The van der Waals surface area contributed by atoms with Crippen molar-refractivity contribution < 1.29 is 21.4 Å². The van der Waals surface area contributed by atoms with Crippen molar-refractivity contribution in [1.29, 1.82) is 0 Å². The van der Waals surface area contributed by atoms with Crippen molar-refractivity contribution in [3.8, 4) is 0 Å². The van der Waals surface area contributed by atoms with E-state index in [0.29, 0.717) is 29.1 Å². The van der Waals surface area contributed by atoms with Crippen LogP contribution in [0, 0.1) is 11.8 Å². The van der Waals surface area contributed by atoms with Crippen LogP contribution in [0.1, 0.15) is 85.7 Å². The van der Waals surface area contributed by atoms with Gasteiger partial charge in [-0.15, -0.1) is 10.2 Å². The highest BCUT2D eigenvalue weighted by molar-refractivity contribution is 7.91. The molecule has 1 unspecified atom stereocenters. The molecule has 13 heteroatoms. The van der Waals surface area contributed by atoms with E-state index in [1.165, 1.54) is 4.68 Å². The molecule has 226 valence electrons. The molecule has 0 amide bonds. The van der Waals surface area contributed by atoms with E-state index in [-0.39, 0.29) is 41.2 Å². The number of sulfone groups is 1. The maximum atomic E-state index is 14.2. The van der Waals surface area contributed by atoms with Crippen molar-refractivity contribution in [3.63, 3.8) is 0 Å². The Labute approximate surface area is 251 Å². The number of aromatic nitrogens is 6. The van der Waals surface area contributed by atoms with Gasteiger partial charge in [-0.3, -0.25) is 4.21 Å². The highest BCUT2D eigenvalue weighted by Crippen LogP contribution is 2.41. The lowest BCUT2D eigenvalue weighted by Crippen LogP contribution is -2.13. The second-order valence-electron chi connectivity index (χ2n) is 11.8. The van der Waals surface area contributed by atoms with Gasteiger partial charge in [-0.25, -0.2) is 31.5 Å². The van der Waals surface area contributed by atoms with Gasteiger partial charge in [-0.2, -0.15) is 4.98 Å². The SMILES string of the molecule is O=S(=O)(CC1CC1)c1nc2n(n1)[C@H](c1ccccc1)C[C@@H]2F.O=S(CC1CC1)c1nc2n(n1)[C@H](c1ccccc1)C[C@@H]2F. The Balaban J connectivity index is 0.000000140. The fourth-order valence-corrected chi connectivity index (χ4v) is 8.53. The average Bonchev–Trinajstić information content (AvgIpc) is 3.82. The Hall–Kier alpha value is -3.32. The molecule has 43 heavy (non-hydrogen) atoms. The molecule has 0 N–H and O–H groups in total. The Bertz CT molecular complexity index is 1740. The van der Waals surface area contributed by atoms with Gasteiger partial charge in [0.15, 0.2) is 24.0 Å². The Morgan fingerprint density at radius 3 is 1.79 bits per heavy atom. The number of halogens is 2. The van der Waals surface area contributed by atoms with E-state index in [9.17, 15) is 21.4 Å². The van der Waals surface area contributed by atoms with Gasteiger partial charge in [0, 0.05) is 18.6 Å². The molecule has 5 atom stereocenters. The first-order valence-corrected chi connectivity index (χ1v) is 17.7. The van der Waals surface area contributed by atoms with Crippen LogP contribution in [-0.2, 0) is 20.6 Å². The largest absolute Gasteiger partial charge is 0.267 e. The summed E-state index contributed by atoms with van der Waals surface area (Å²) in [6.45, 7) is 0. The summed E-state index contributed by atoms with van der Waals surface area (Å²) in [5.74, 6) is 1.88. The topological polar surface area (TPSA) is 113 Å². The zero-order valence-corrected chi connectivity index (χ0v) is 25.0. The molecular weight excluding hydrogens is 594 g/mol. The third kappa shape index (κ3) is 5.93. The van der Waals surface area contributed by atoms with E-state index in [2.05, 4.69) is 20.2 Å². The molecule has 4 aliphatic rings. The minimum Gasteiger partial charge on any atom is -0.251 e.